The number of carbonyl (C=O) groups is 1. The summed E-state index contributed by atoms with van der Waals surface area (Å²) >= 11 is 0. The number of non-ortho nitro benzene ring substituents is 1. The van der Waals surface area contributed by atoms with Gasteiger partial charge in [-0.15, -0.1) is 0 Å². The Morgan fingerprint density at radius 2 is 2.05 bits per heavy atom. The van der Waals surface area contributed by atoms with Gasteiger partial charge in [0.05, 0.1) is 4.92 Å². The van der Waals surface area contributed by atoms with Crippen LogP contribution in [0.3, 0.4) is 0 Å². The molecule has 19 heavy (non-hydrogen) atoms. The molecular formula is C13H19N3O3. The molecule has 6 heteroatoms. The van der Waals surface area contributed by atoms with Crippen LogP contribution in [0.5, 0.6) is 0 Å². The monoisotopic (exact) mass is 265 g/mol. The maximum absolute atomic E-state index is 11.7. The minimum atomic E-state index is -0.489. The van der Waals surface area contributed by atoms with E-state index in [-0.39, 0.29) is 17.1 Å². The average Bonchev–Trinajstić information content (AvgIpc) is 2.27. The maximum Gasteiger partial charge on any atom is 0.271 e. The fourth-order valence-electron chi connectivity index (χ4n) is 1.47. The van der Waals surface area contributed by atoms with Gasteiger partial charge in [-0.05, 0) is 26.8 Å². The second-order valence-electron chi connectivity index (χ2n) is 5.28. The summed E-state index contributed by atoms with van der Waals surface area (Å²) in [6.07, 6.45) is 0.319. The van der Waals surface area contributed by atoms with Gasteiger partial charge >= 0.3 is 0 Å². The lowest BCUT2D eigenvalue weighted by atomic mass is 10.1. The van der Waals surface area contributed by atoms with E-state index in [1.165, 1.54) is 12.1 Å². The zero-order valence-electron chi connectivity index (χ0n) is 11.4. The number of benzene rings is 1. The fraction of sp³-hybridized carbons (Fsp3) is 0.462. The van der Waals surface area contributed by atoms with Gasteiger partial charge in [0.2, 0.25) is 5.91 Å². The van der Waals surface area contributed by atoms with Gasteiger partial charge in [0.15, 0.2) is 0 Å². The van der Waals surface area contributed by atoms with Crippen LogP contribution < -0.4 is 10.6 Å². The first-order valence-electron chi connectivity index (χ1n) is 6.07. The number of nitrogens with one attached hydrogen (secondary N) is 2. The van der Waals surface area contributed by atoms with Crippen LogP contribution in [-0.2, 0) is 4.79 Å². The normalized spacial score (nSPS) is 11.1. The van der Waals surface area contributed by atoms with E-state index < -0.39 is 4.92 Å². The molecule has 1 aromatic rings. The van der Waals surface area contributed by atoms with Crippen molar-refractivity contribution in [2.45, 2.75) is 32.7 Å². The van der Waals surface area contributed by atoms with Crippen molar-refractivity contribution in [1.82, 2.24) is 5.32 Å². The van der Waals surface area contributed by atoms with E-state index in [9.17, 15) is 14.9 Å². The minimum Gasteiger partial charge on any atom is -0.326 e. The standard InChI is InChI=1S/C13H19N3O3/c1-13(2,3)14-8-7-12(17)15-10-5-4-6-11(9-10)16(18)19/h4-6,9,14H,7-8H2,1-3H3,(H,15,17). The lowest BCUT2D eigenvalue weighted by Gasteiger charge is -2.20. The van der Waals surface area contributed by atoms with E-state index in [2.05, 4.69) is 10.6 Å². The third kappa shape index (κ3) is 5.96. The summed E-state index contributed by atoms with van der Waals surface area (Å²) in [5.74, 6) is -0.169. The minimum absolute atomic E-state index is 0.0359. The number of nitro benzene ring substituents is 1. The van der Waals surface area contributed by atoms with Crippen LogP contribution in [0.2, 0.25) is 0 Å². The molecule has 0 aliphatic rings. The van der Waals surface area contributed by atoms with Crippen molar-refractivity contribution in [3.05, 3.63) is 34.4 Å². The van der Waals surface area contributed by atoms with Crippen LogP contribution in [0.15, 0.2) is 24.3 Å². The van der Waals surface area contributed by atoms with Gasteiger partial charge in [-0.2, -0.15) is 0 Å². The molecule has 1 rings (SSSR count). The highest BCUT2D eigenvalue weighted by molar-refractivity contribution is 5.91. The third-order valence-corrected chi connectivity index (χ3v) is 2.35. The summed E-state index contributed by atoms with van der Waals surface area (Å²) < 4.78 is 0. The highest BCUT2D eigenvalue weighted by Crippen LogP contribution is 2.17. The highest BCUT2D eigenvalue weighted by atomic mass is 16.6. The Hall–Kier alpha value is -1.95. The molecular weight excluding hydrogens is 246 g/mol. The van der Waals surface area contributed by atoms with E-state index in [0.717, 1.165) is 0 Å². The second-order valence-corrected chi connectivity index (χ2v) is 5.28. The van der Waals surface area contributed by atoms with Crippen LogP contribution in [0, 0.1) is 10.1 Å². The first-order chi connectivity index (χ1) is 8.78. The van der Waals surface area contributed by atoms with Crippen molar-refractivity contribution in [3.63, 3.8) is 0 Å². The molecule has 0 bridgehead atoms. The van der Waals surface area contributed by atoms with Gasteiger partial charge in [-0.3, -0.25) is 14.9 Å². The summed E-state index contributed by atoms with van der Waals surface area (Å²) in [6, 6.07) is 5.90. The Balaban J connectivity index is 2.48. The molecule has 6 nitrogen and oxygen atoms in total. The molecule has 1 aromatic carbocycles. The van der Waals surface area contributed by atoms with Gasteiger partial charge in [-0.1, -0.05) is 6.07 Å². The topological polar surface area (TPSA) is 84.3 Å². The Kier molecular flexibility index (Phi) is 5.00. The van der Waals surface area contributed by atoms with E-state index >= 15 is 0 Å². The Morgan fingerprint density at radius 1 is 1.37 bits per heavy atom. The molecule has 0 saturated heterocycles. The fourth-order valence-corrected chi connectivity index (χ4v) is 1.47. The molecule has 0 atom stereocenters. The second kappa shape index (κ2) is 6.29. The van der Waals surface area contributed by atoms with E-state index in [0.29, 0.717) is 18.7 Å². The number of amides is 1. The smallest absolute Gasteiger partial charge is 0.271 e. The molecule has 0 aliphatic carbocycles. The Labute approximate surface area is 112 Å². The number of hydrogen-bond donors (Lipinski definition) is 2. The molecule has 0 radical (unpaired) electrons. The summed E-state index contributed by atoms with van der Waals surface area (Å²) in [7, 11) is 0. The lowest BCUT2D eigenvalue weighted by Crippen LogP contribution is -2.37. The van der Waals surface area contributed by atoms with E-state index in [1.54, 1.807) is 12.1 Å². The summed E-state index contributed by atoms with van der Waals surface area (Å²) in [4.78, 5) is 21.8. The number of nitrogens with zero attached hydrogens (tertiary/aromatic N) is 1. The molecule has 104 valence electrons. The molecule has 0 spiro atoms. The molecule has 0 aliphatic heterocycles. The third-order valence-electron chi connectivity index (χ3n) is 2.35. The van der Waals surface area contributed by atoms with Crippen LogP contribution in [0.4, 0.5) is 11.4 Å². The Morgan fingerprint density at radius 3 is 2.63 bits per heavy atom. The van der Waals surface area contributed by atoms with Crippen molar-refractivity contribution >= 4 is 17.3 Å². The molecule has 0 heterocycles. The number of rotatable bonds is 5. The van der Waals surface area contributed by atoms with Gasteiger partial charge < -0.3 is 10.6 Å². The predicted octanol–water partition coefficient (Wildman–Crippen LogP) is 2.31. The van der Waals surface area contributed by atoms with Crippen molar-refractivity contribution in [1.29, 1.82) is 0 Å². The maximum atomic E-state index is 11.7. The zero-order chi connectivity index (χ0) is 14.5. The SMILES string of the molecule is CC(C)(C)NCCC(=O)Nc1cccc([N+](=O)[O-])c1. The number of nitro groups is 1. The molecule has 0 saturated carbocycles. The number of carbonyl (C=O) groups excluding carboxylic acids is 1. The molecule has 0 aromatic heterocycles. The van der Waals surface area contributed by atoms with Crippen LogP contribution >= 0.6 is 0 Å². The number of hydrogen-bond acceptors (Lipinski definition) is 4. The zero-order valence-corrected chi connectivity index (χ0v) is 11.4. The van der Waals surface area contributed by atoms with E-state index in [1.807, 2.05) is 20.8 Å². The van der Waals surface area contributed by atoms with Gasteiger partial charge in [0, 0.05) is 36.3 Å². The molecule has 0 fully saturated rings. The predicted molar refractivity (Wildman–Crippen MR) is 74.1 cm³/mol. The van der Waals surface area contributed by atoms with Crippen molar-refractivity contribution in [3.8, 4) is 0 Å². The Bertz CT molecular complexity index is 466. The van der Waals surface area contributed by atoms with E-state index in [4.69, 9.17) is 0 Å². The molecule has 0 unspecified atom stereocenters. The van der Waals surface area contributed by atoms with Gasteiger partial charge in [-0.25, -0.2) is 0 Å². The first kappa shape index (κ1) is 15.1. The first-order valence-corrected chi connectivity index (χ1v) is 6.07. The molecule has 2 N–H and O–H groups in total. The van der Waals surface area contributed by atoms with Crippen LogP contribution in [0.1, 0.15) is 27.2 Å². The van der Waals surface area contributed by atoms with Gasteiger partial charge in [0.25, 0.3) is 5.69 Å². The van der Waals surface area contributed by atoms with Crippen molar-refractivity contribution in [2.75, 3.05) is 11.9 Å². The van der Waals surface area contributed by atoms with Gasteiger partial charge in [0.1, 0.15) is 0 Å². The number of anilines is 1. The summed E-state index contributed by atoms with van der Waals surface area (Å²) in [6.45, 7) is 6.62. The van der Waals surface area contributed by atoms with Crippen LogP contribution in [0.25, 0.3) is 0 Å². The highest BCUT2D eigenvalue weighted by Gasteiger charge is 2.11. The summed E-state index contributed by atoms with van der Waals surface area (Å²) in [5.41, 5.74) is 0.367. The largest absolute Gasteiger partial charge is 0.326 e. The molecule has 1 amide bonds. The van der Waals surface area contributed by atoms with Crippen LogP contribution in [-0.4, -0.2) is 22.9 Å². The van der Waals surface area contributed by atoms with Crippen molar-refractivity contribution in [2.24, 2.45) is 0 Å². The lowest BCUT2D eigenvalue weighted by molar-refractivity contribution is -0.384. The summed E-state index contributed by atoms with van der Waals surface area (Å²) in [5, 5.41) is 16.4. The quantitative estimate of drug-likeness (QED) is 0.632. The average molecular weight is 265 g/mol. The van der Waals surface area contributed by atoms with Crippen molar-refractivity contribution < 1.29 is 9.72 Å².